The molecule has 0 radical (unpaired) electrons. The summed E-state index contributed by atoms with van der Waals surface area (Å²) in [5.41, 5.74) is 0.743. The topological polar surface area (TPSA) is 67.8 Å². The highest BCUT2D eigenvalue weighted by molar-refractivity contribution is 7.86. The van der Waals surface area contributed by atoms with Crippen LogP contribution in [-0.2, 0) is 16.4 Å². The maximum Gasteiger partial charge on any atom is 0.156 e. The predicted octanol–water partition coefficient (Wildman–Crippen LogP) is 6.43. The van der Waals surface area contributed by atoms with Gasteiger partial charge in [-0.1, -0.05) is 26.8 Å². The van der Waals surface area contributed by atoms with Crippen molar-refractivity contribution >= 4 is 28.0 Å². The Morgan fingerprint density at radius 3 is 2.50 bits per heavy atom. The van der Waals surface area contributed by atoms with E-state index in [1.807, 2.05) is 20.8 Å². The number of hydrogen-bond donors (Lipinski definition) is 1. The first-order valence-corrected chi connectivity index (χ1v) is 12.2. The fourth-order valence-electron chi connectivity index (χ4n) is 3.15. The molecule has 2 aromatic heterocycles. The second-order valence-corrected chi connectivity index (χ2v) is 10.7. The SMILES string of the molecule is Cc1nccc(-c2sc(C(C)(C)C)nc2-c2cccc(NS(=O)c3cc(F)ccc3F)c2F)n1. The average Bonchev–Trinajstić information content (AvgIpc) is 3.23. The Labute approximate surface area is 201 Å². The first-order chi connectivity index (χ1) is 16.0. The van der Waals surface area contributed by atoms with Crippen molar-refractivity contribution in [1.82, 2.24) is 15.0 Å². The molecule has 0 saturated heterocycles. The maximum absolute atomic E-state index is 15.7. The van der Waals surface area contributed by atoms with Crippen molar-refractivity contribution in [3.05, 3.63) is 76.9 Å². The van der Waals surface area contributed by atoms with E-state index in [1.54, 1.807) is 31.3 Å². The molecule has 1 atom stereocenters. The lowest BCUT2D eigenvalue weighted by atomic mass is 9.98. The van der Waals surface area contributed by atoms with Crippen LogP contribution in [0.4, 0.5) is 18.9 Å². The number of benzene rings is 2. The van der Waals surface area contributed by atoms with Crippen LogP contribution in [0.1, 0.15) is 31.6 Å². The summed E-state index contributed by atoms with van der Waals surface area (Å²) in [7, 11) is -2.23. The summed E-state index contributed by atoms with van der Waals surface area (Å²) >= 11 is 1.41. The fourth-order valence-corrected chi connectivity index (χ4v) is 5.19. The molecule has 10 heteroatoms. The van der Waals surface area contributed by atoms with Gasteiger partial charge >= 0.3 is 0 Å². The molecule has 0 amide bonds. The summed E-state index contributed by atoms with van der Waals surface area (Å²) in [6, 6.07) is 8.85. The van der Waals surface area contributed by atoms with Crippen LogP contribution in [0.2, 0.25) is 0 Å². The monoisotopic (exact) mass is 502 g/mol. The molecule has 5 nitrogen and oxygen atoms in total. The van der Waals surface area contributed by atoms with Crippen LogP contribution in [-0.4, -0.2) is 19.2 Å². The largest absolute Gasteiger partial charge is 0.298 e. The minimum atomic E-state index is -2.23. The number of aryl methyl sites for hydroxylation is 1. The van der Waals surface area contributed by atoms with Crippen LogP contribution >= 0.6 is 11.3 Å². The number of hydrogen-bond acceptors (Lipinski definition) is 5. The fraction of sp³-hybridized carbons (Fsp3) is 0.208. The number of aromatic nitrogens is 3. The van der Waals surface area contributed by atoms with Crippen LogP contribution in [0.15, 0.2) is 53.6 Å². The highest BCUT2D eigenvalue weighted by atomic mass is 32.2. The summed E-state index contributed by atoms with van der Waals surface area (Å²) in [5, 5.41) is 0.789. The van der Waals surface area contributed by atoms with Gasteiger partial charge in [0.25, 0.3) is 0 Å². The molecule has 0 saturated carbocycles. The highest BCUT2D eigenvalue weighted by Gasteiger charge is 2.26. The number of anilines is 1. The van der Waals surface area contributed by atoms with Gasteiger partial charge in [0.1, 0.15) is 17.5 Å². The number of halogens is 3. The molecule has 0 spiro atoms. The van der Waals surface area contributed by atoms with E-state index in [4.69, 9.17) is 4.98 Å². The van der Waals surface area contributed by atoms with Crippen LogP contribution in [0.5, 0.6) is 0 Å². The Hall–Kier alpha value is -3.11. The lowest BCUT2D eigenvalue weighted by Crippen LogP contribution is -2.10. The second-order valence-electron chi connectivity index (χ2n) is 8.55. The molecule has 0 fully saturated rings. The molecule has 1 N–H and O–H groups in total. The van der Waals surface area contributed by atoms with Gasteiger partial charge in [-0.25, -0.2) is 32.3 Å². The number of thiazole rings is 1. The quantitative estimate of drug-likeness (QED) is 0.342. The van der Waals surface area contributed by atoms with Gasteiger partial charge < -0.3 is 0 Å². The van der Waals surface area contributed by atoms with Crippen molar-refractivity contribution in [2.45, 2.75) is 38.0 Å². The molecule has 4 aromatic rings. The molecule has 4 rings (SSSR count). The molecule has 2 heterocycles. The Balaban J connectivity index is 1.80. The number of nitrogens with one attached hydrogen (secondary N) is 1. The maximum atomic E-state index is 15.7. The standard InChI is InChI=1S/C24H21F3N4OS2/c1-13-28-11-10-18(29-13)22-21(30-23(33-22)24(2,3)4)15-6-5-7-17(20(15)27)31-34(32)19-12-14(25)8-9-16(19)26/h5-12,31H,1-4H3. The third-order valence-electron chi connectivity index (χ3n) is 4.83. The van der Waals surface area contributed by atoms with E-state index in [0.717, 1.165) is 23.2 Å². The van der Waals surface area contributed by atoms with Gasteiger partial charge in [0.2, 0.25) is 0 Å². The summed E-state index contributed by atoms with van der Waals surface area (Å²) in [4.78, 5) is 13.6. The van der Waals surface area contributed by atoms with Gasteiger partial charge in [-0.3, -0.25) is 4.72 Å². The zero-order valence-corrected chi connectivity index (χ0v) is 20.5. The van der Waals surface area contributed by atoms with E-state index in [1.165, 1.54) is 17.4 Å². The normalized spacial score (nSPS) is 12.6. The Morgan fingerprint density at radius 1 is 1.03 bits per heavy atom. The van der Waals surface area contributed by atoms with Crippen LogP contribution < -0.4 is 4.72 Å². The third kappa shape index (κ3) is 4.88. The lowest BCUT2D eigenvalue weighted by Gasteiger charge is -2.13. The summed E-state index contributed by atoms with van der Waals surface area (Å²) < 4.78 is 58.3. The molecule has 0 bridgehead atoms. The van der Waals surface area contributed by atoms with Gasteiger partial charge in [0, 0.05) is 17.2 Å². The van der Waals surface area contributed by atoms with Gasteiger partial charge in [0.05, 0.1) is 31.9 Å². The molecule has 2 aromatic carbocycles. The smallest absolute Gasteiger partial charge is 0.156 e. The molecule has 34 heavy (non-hydrogen) atoms. The summed E-state index contributed by atoms with van der Waals surface area (Å²) in [6.45, 7) is 7.79. The summed E-state index contributed by atoms with van der Waals surface area (Å²) in [5.74, 6) is -1.76. The van der Waals surface area contributed by atoms with Gasteiger partial charge in [-0.15, -0.1) is 11.3 Å². The van der Waals surface area contributed by atoms with Crippen LogP contribution in [0, 0.1) is 24.4 Å². The second kappa shape index (κ2) is 9.27. The minimum Gasteiger partial charge on any atom is -0.298 e. The van der Waals surface area contributed by atoms with E-state index >= 15 is 4.39 Å². The van der Waals surface area contributed by atoms with Crippen molar-refractivity contribution < 1.29 is 17.4 Å². The molecular weight excluding hydrogens is 481 g/mol. The lowest BCUT2D eigenvalue weighted by molar-refractivity contribution is 0.572. The highest BCUT2D eigenvalue weighted by Crippen LogP contribution is 2.41. The Bertz CT molecular complexity index is 1400. The molecule has 0 aliphatic carbocycles. The van der Waals surface area contributed by atoms with E-state index in [0.29, 0.717) is 22.1 Å². The van der Waals surface area contributed by atoms with Crippen LogP contribution in [0.25, 0.3) is 21.8 Å². The Kier molecular flexibility index (Phi) is 6.55. The van der Waals surface area contributed by atoms with Crippen LogP contribution in [0.3, 0.4) is 0 Å². The average molecular weight is 503 g/mol. The minimum absolute atomic E-state index is 0.130. The first-order valence-electron chi connectivity index (χ1n) is 10.3. The van der Waals surface area contributed by atoms with Gasteiger partial charge in [-0.2, -0.15) is 0 Å². The van der Waals surface area contributed by atoms with E-state index in [2.05, 4.69) is 14.7 Å². The van der Waals surface area contributed by atoms with Crippen molar-refractivity contribution in [3.8, 4) is 21.8 Å². The van der Waals surface area contributed by atoms with Crippen molar-refractivity contribution in [2.24, 2.45) is 0 Å². The molecule has 0 aliphatic rings. The van der Waals surface area contributed by atoms with E-state index in [-0.39, 0.29) is 16.7 Å². The molecule has 0 aliphatic heterocycles. The third-order valence-corrected chi connectivity index (χ3v) is 7.45. The molecule has 1 unspecified atom stereocenters. The number of rotatable bonds is 5. The summed E-state index contributed by atoms with van der Waals surface area (Å²) in [6.07, 6.45) is 1.63. The van der Waals surface area contributed by atoms with Crippen molar-refractivity contribution in [3.63, 3.8) is 0 Å². The zero-order chi connectivity index (χ0) is 24.6. The van der Waals surface area contributed by atoms with Gasteiger partial charge in [-0.05, 0) is 43.3 Å². The van der Waals surface area contributed by atoms with E-state index < -0.39 is 33.3 Å². The van der Waals surface area contributed by atoms with E-state index in [9.17, 15) is 13.0 Å². The van der Waals surface area contributed by atoms with Crippen molar-refractivity contribution in [1.29, 1.82) is 0 Å². The molecule has 176 valence electrons. The first kappa shape index (κ1) is 24.0. The Morgan fingerprint density at radius 2 is 1.79 bits per heavy atom. The zero-order valence-electron chi connectivity index (χ0n) is 18.8. The van der Waals surface area contributed by atoms with Gasteiger partial charge in [0.15, 0.2) is 16.8 Å². The predicted molar refractivity (Wildman–Crippen MR) is 128 cm³/mol. The molecular formula is C24H21F3N4OS2. The number of nitrogens with zero attached hydrogens (tertiary/aromatic N) is 3. The van der Waals surface area contributed by atoms with Crippen molar-refractivity contribution in [2.75, 3.05) is 4.72 Å².